The van der Waals surface area contributed by atoms with Crippen LogP contribution in [-0.4, -0.2) is 34.9 Å². The van der Waals surface area contributed by atoms with Crippen LogP contribution in [0.4, 0.5) is 0 Å². The normalized spacial score (nSPS) is 16.8. The number of carboxylic acids is 1. The van der Waals surface area contributed by atoms with E-state index in [1.54, 1.807) is 0 Å². The van der Waals surface area contributed by atoms with Crippen LogP contribution >= 0.6 is 0 Å². The molecule has 0 spiro atoms. The fraction of sp³-hybridized carbons (Fsp3) is 0.750. The van der Waals surface area contributed by atoms with Gasteiger partial charge in [0.25, 0.3) is 0 Å². The number of nitrogens with two attached hydrogens (primary N) is 2. The maximum Gasteiger partial charge on any atom is 0.323 e. The molecule has 0 aromatic carbocycles. The van der Waals surface area contributed by atoms with Gasteiger partial charge in [0.2, 0.25) is 0 Å². The highest BCUT2D eigenvalue weighted by atomic mass is 16.4. The van der Waals surface area contributed by atoms with Crippen LogP contribution in [0.5, 0.6) is 0 Å². The average Bonchev–Trinajstić information content (AvgIpc) is 1.84. The summed E-state index contributed by atoms with van der Waals surface area (Å²) in [5.41, 5.74) is 9.86. The summed E-state index contributed by atoms with van der Waals surface area (Å²) in [6, 6.07) is -1.27. The first kappa shape index (κ1) is 8.35. The highest BCUT2D eigenvalue weighted by Crippen LogP contribution is 1.85. The van der Waals surface area contributed by atoms with Crippen LogP contribution in [0.2, 0.25) is 0 Å². The fourth-order valence-electron chi connectivity index (χ4n) is 0.311. The van der Waals surface area contributed by atoms with Gasteiger partial charge in [-0.3, -0.25) is 4.79 Å². The summed E-state index contributed by atoms with van der Waals surface area (Å²) in [4.78, 5) is 9.96. The molecule has 0 bridgehead atoms. The molecule has 0 saturated carbocycles. The van der Waals surface area contributed by atoms with E-state index in [9.17, 15) is 4.79 Å². The first-order valence-electron chi connectivity index (χ1n) is 2.46. The first-order valence-corrected chi connectivity index (χ1v) is 2.46. The monoisotopic (exact) mass is 134 g/mol. The lowest BCUT2D eigenvalue weighted by Gasteiger charge is -2.10. The molecule has 0 fully saturated rings. The standard InChI is InChI=1S/C4H10N2O3/c5-1-2(7)3(6)4(8)9/h2-3,7H,1,5-6H2,(H,8,9)/t2-,3+/m1/s1. The molecule has 0 amide bonds. The lowest BCUT2D eigenvalue weighted by molar-refractivity contribution is -0.141. The minimum Gasteiger partial charge on any atom is -0.480 e. The summed E-state index contributed by atoms with van der Waals surface area (Å²) >= 11 is 0. The number of aliphatic hydroxyl groups excluding tert-OH is 1. The smallest absolute Gasteiger partial charge is 0.323 e. The van der Waals surface area contributed by atoms with Gasteiger partial charge in [0.05, 0.1) is 6.10 Å². The largest absolute Gasteiger partial charge is 0.480 e. The van der Waals surface area contributed by atoms with Gasteiger partial charge in [0.15, 0.2) is 0 Å². The van der Waals surface area contributed by atoms with Crippen LogP contribution in [-0.2, 0) is 4.79 Å². The highest BCUT2D eigenvalue weighted by Gasteiger charge is 2.19. The van der Waals surface area contributed by atoms with E-state index in [1.807, 2.05) is 0 Å². The number of rotatable bonds is 3. The van der Waals surface area contributed by atoms with Gasteiger partial charge < -0.3 is 21.7 Å². The summed E-state index contributed by atoms with van der Waals surface area (Å²) in [6.07, 6.45) is -1.15. The summed E-state index contributed by atoms with van der Waals surface area (Å²) < 4.78 is 0. The molecule has 0 aromatic heterocycles. The predicted molar refractivity (Wildman–Crippen MR) is 30.7 cm³/mol. The number of carboxylic acid groups (broad SMARTS) is 1. The fourth-order valence-corrected chi connectivity index (χ4v) is 0.311. The third-order valence-corrected chi connectivity index (χ3v) is 0.941. The van der Waals surface area contributed by atoms with Crippen LogP contribution in [0.15, 0.2) is 0 Å². The van der Waals surface area contributed by atoms with Crippen LogP contribution in [0.3, 0.4) is 0 Å². The van der Waals surface area contributed by atoms with Crippen molar-refractivity contribution in [3.8, 4) is 0 Å². The SMILES string of the molecule is NC[C@@H](O)[C@H](N)C(=O)O. The molecule has 6 N–H and O–H groups in total. The Morgan fingerprint density at radius 1 is 1.67 bits per heavy atom. The average molecular weight is 134 g/mol. The Bertz CT molecular complexity index is 106. The minimum absolute atomic E-state index is 0.131. The van der Waals surface area contributed by atoms with E-state index in [0.717, 1.165) is 0 Å². The minimum atomic E-state index is -1.27. The Balaban J connectivity index is 3.72. The number of hydrogen-bond donors (Lipinski definition) is 4. The second-order valence-corrected chi connectivity index (χ2v) is 1.67. The van der Waals surface area contributed by atoms with Crippen LogP contribution in [0.25, 0.3) is 0 Å². The van der Waals surface area contributed by atoms with E-state index in [2.05, 4.69) is 0 Å². The van der Waals surface area contributed by atoms with Crippen molar-refractivity contribution in [2.75, 3.05) is 6.54 Å². The molecular formula is C4H10N2O3. The Morgan fingerprint density at radius 3 is 2.22 bits per heavy atom. The van der Waals surface area contributed by atoms with Crippen LogP contribution in [0, 0.1) is 0 Å². The molecule has 2 atom stereocenters. The second-order valence-electron chi connectivity index (χ2n) is 1.67. The van der Waals surface area contributed by atoms with Crippen LogP contribution in [0.1, 0.15) is 0 Å². The third-order valence-electron chi connectivity index (χ3n) is 0.941. The highest BCUT2D eigenvalue weighted by molar-refractivity contribution is 5.73. The van der Waals surface area contributed by atoms with Gasteiger partial charge in [-0.15, -0.1) is 0 Å². The Kier molecular flexibility index (Phi) is 3.15. The van der Waals surface area contributed by atoms with E-state index in [0.29, 0.717) is 0 Å². The maximum absolute atomic E-state index is 9.96. The lowest BCUT2D eigenvalue weighted by Crippen LogP contribution is -2.45. The van der Waals surface area contributed by atoms with E-state index in [4.69, 9.17) is 21.7 Å². The molecule has 0 rings (SSSR count). The number of aliphatic carboxylic acids is 1. The molecule has 0 aliphatic heterocycles. The topological polar surface area (TPSA) is 110 Å². The lowest BCUT2D eigenvalue weighted by atomic mass is 10.2. The molecule has 0 aromatic rings. The second kappa shape index (κ2) is 3.39. The molecule has 5 nitrogen and oxygen atoms in total. The molecule has 0 radical (unpaired) electrons. The van der Waals surface area contributed by atoms with Crippen molar-refractivity contribution >= 4 is 5.97 Å². The molecule has 0 unspecified atom stereocenters. The van der Waals surface area contributed by atoms with Gasteiger partial charge in [-0.1, -0.05) is 0 Å². The zero-order valence-electron chi connectivity index (χ0n) is 4.82. The quantitative estimate of drug-likeness (QED) is 0.347. The van der Waals surface area contributed by atoms with E-state index >= 15 is 0 Å². The van der Waals surface area contributed by atoms with Gasteiger partial charge in [0.1, 0.15) is 6.04 Å². The molecular weight excluding hydrogens is 124 g/mol. The number of aliphatic hydroxyl groups is 1. The van der Waals surface area contributed by atoms with Crippen molar-refractivity contribution < 1.29 is 15.0 Å². The Hall–Kier alpha value is -0.650. The molecule has 0 saturated heterocycles. The van der Waals surface area contributed by atoms with Crippen molar-refractivity contribution in [3.63, 3.8) is 0 Å². The Labute approximate surface area is 52.3 Å². The van der Waals surface area contributed by atoms with Gasteiger partial charge >= 0.3 is 5.97 Å². The molecule has 54 valence electrons. The summed E-state index contributed by atoms with van der Waals surface area (Å²) in [6.45, 7) is -0.131. The van der Waals surface area contributed by atoms with Crippen molar-refractivity contribution in [1.82, 2.24) is 0 Å². The first-order chi connectivity index (χ1) is 4.09. The molecule has 5 heteroatoms. The zero-order chi connectivity index (χ0) is 7.44. The third kappa shape index (κ3) is 2.41. The van der Waals surface area contributed by atoms with E-state index in [1.165, 1.54) is 0 Å². The van der Waals surface area contributed by atoms with Gasteiger partial charge in [-0.05, 0) is 0 Å². The predicted octanol–water partition coefficient (Wildman–Crippen LogP) is -2.28. The van der Waals surface area contributed by atoms with E-state index < -0.39 is 18.1 Å². The summed E-state index contributed by atoms with van der Waals surface area (Å²) in [5, 5.41) is 16.8. The van der Waals surface area contributed by atoms with Gasteiger partial charge in [0, 0.05) is 6.54 Å². The number of hydrogen-bond acceptors (Lipinski definition) is 4. The van der Waals surface area contributed by atoms with Crippen molar-refractivity contribution in [3.05, 3.63) is 0 Å². The summed E-state index contributed by atoms with van der Waals surface area (Å²) in [7, 11) is 0. The van der Waals surface area contributed by atoms with Crippen molar-refractivity contribution in [2.24, 2.45) is 11.5 Å². The van der Waals surface area contributed by atoms with Crippen molar-refractivity contribution in [1.29, 1.82) is 0 Å². The summed E-state index contributed by atoms with van der Waals surface area (Å²) in [5.74, 6) is -1.24. The van der Waals surface area contributed by atoms with Crippen molar-refractivity contribution in [2.45, 2.75) is 12.1 Å². The van der Waals surface area contributed by atoms with Gasteiger partial charge in [-0.2, -0.15) is 0 Å². The zero-order valence-corrected chi connectivity index (χ0v) is 4.82. The number of carbonyl (C=O) groups is 1. The molecule has 0 aliphatic carbocycles. The molecule has 0 aliphatic rings. The van der Waals surface area contributed by atoms with E-state index in [-0.39, 0.29) is 6.54 Å². The van der Waals surface area contributed by atoms with Crippen LogP contribution < -0.4 is 11.5 Å². The molecule has 0 heterocycles. The van der Waals surface area contributed by atoms with Gasteiger partial charge in [-0.25, -0.2) is 0 Å². The Morgan fingerprint density at radius 2 is 2.11 bits per heavy atom. The maximum atomic E-state index is 9.96. The molecule has 9 heavy (non-hydrogen) atoms.